The number of fused-ring (bicyclic) bond motifs is 3. The molecule has 1 spiro atoms. The highest BCUT2D eigenvalue weighted by Gasteiger charge is 2.88. The zero-order valence-electron chi connectivity index (χ0n) is 22.1. The summed E-state index contributed by atoms with van der Waals surface area (Å²) in [6.45, 7) is 11.0. The van der Waals surface area contributed by atoms with Gasteiger partial charge in [0.05, 0.1) is 24.4 Å². The zero-order chi connectivity index (χ0) is 26.8. The molecular weight excluding hydrogens is 480 g/mol. The van der Waals surface area contributed by atoms with Crippen LogP contribution in [0.4, 0.5) is 0 Å². The van der Waals surface area contributed by atoms with E-state index in [0.717, 1.165) is 5.56 Å². The summed E-state index contributed by atoms with van der Waals surface area (Å²) in [5.41, 5.74) is -3.88. The van der Waals surface area contributed by atoms with E-state index in [1.807, 2.05) is 34.6 Å². The Morgan fingerprint density at radius 3 is 2.41 bits per heavy atom. The first-order chi connectivity index (χ1) is 17.2. The molecule has 37 heavy (non-hydrogen) atoms. The van der Waals surface area contributed by atoms with Gasteiger partial charge in [-0.1, -0.05) is 13.8 Å². The van der Waals surface area contributed by atoms with Gasteiger partial charge in [0.25, 0.3) is 0 Å². The minimum absolute atomic E-state index is 0.0263. The second-order valence-electron chi connectivity index (χ2n) is 12.7. The van der Waals surface area contributed by atoms with Gasteiger partial charge in [-0.25, -0.2) is 4.79 Å². The molecule has 5 fully saturated rings. The van der Waals surface area contributed by atoms with Gasteiger partial charge in [0.1, 0.15) is 29.2 Å². The number of ether oxygens (including phenoxy) is 4. The Labute approximate surface area is 215 Å². The summed E-state index contributed by atoms with van der Waals surface area (Å²) in [6.07, 6.45) is 2.06. The minimum atomic E-state index is -1.09. The number of cyclic esters (lactones) is 2. The van der Waals surface area contributed by atoms with Gasteiger partial charge in [0.15, 0.2) is 6.10 Å². The highest BCUT2D eigenvalue weighted by Crippen LogP contribution is 2.78. The van der Waals surface area contributed by atoms with Crippen molar-refractivity contribution >= 4 is 23.7 Å². The van der Waals surface area contributed by atoms with E-state index in [1.54, 1.807) is 12.3 Å². The lowest BCUT2D eigenvalue weighted by Crippen LogP contribution is -2.72. The Kier molecular flexibility index (Phi) is 4.82. The van der Waals surface area contributed by atoms with Gasteiger partial charge in [0, 0.05) is 35.7 Å². The van der Waals surface area contributed by atoms with Crippen molar-refractivity contribution < 1.29 is 42.5 Å². The van der Waals surface area contributed by atoms with Crippen LogP contribution in [0.25, 0.3) is 0 Å². The SMILES string of the molecule is CC(=O)O[C@@H]1CC(=O)OC(C)(C)[C@@H]2CC(=O)[C@]3(C)[C@H](CC[C@@]4(C)[C@@H](c5ccoc5)OC(=O)[C@H]5O[C@]543)[C@@]12C. The fourth-order valence-electron chi connectivity index (χ4n) is 9.24. The molecule has 0 amide bonds. The molecule has 0 bridgehead atoms. The van der Waals surface area contributed by atoms with E-state index in [4.69, 9.17) is 23.4 Å². The molecule has 6 rings (SSSR count). The smallest absolute Gasteiger partial charge is 0.339 e. The topological polar surface area (TPSA) is 122 Å². The van der Waals surface area contributed by atoms with Gasteiger partial charge in [-0.05, 0) is 45.6 Å². The summed E-state index contributed by atoms with van der Waals surface area (Å²) in [6, 6.07) is 1.78. The van der Waals surface area contributed by atoms with Crippen molar-refractivity contribution in [3.8, 4) is 0 Å². The summed E-state index contributed by atoms with van der Waals surface area (Å²) in [4.78, 5) is 52.7. The largest absolute Gasteiger partial charge is 0.472 e. The zero-order valence-corrected chi connectivity index (χ0v) is 22.1. The number of hydrogen-bond acceptors (Lipinski definition) is 9. The van der Waals surface area contributed by atoms with Crippen LogP contribution in [-0.4, -0.2) is 47.1 Å². The van der Waals surface area contributed by atoms with Crippen molar-refractivity contribution in [3.63, 3.8) is 0 Å². The molecule has 1 aromatic heterocycles. The van der Waals surface area contributed by atoms with Crippen LogP contribution in [0.1, 0.15) is 78.9 Å². The normalized spacial score (nSPS) is 47.7. The number of carbonyl (C=O) groups is 4. The maximum Gasteiger partial charge on any atom is 0.339 e. The van der Waals surface area contributed by atoms with Gasteiger partial charge >= 0.3 is 17.9 Å². The molecular formula is C28H34O9. The van der Waals surface area contributed by atoms with Crippen molar-refractivity contribution in [3.05, 3.63) is 24.2 Å². The van der Waals surface area contributed by atoms with E-state index in [0.29, 0.717) is 12.8 Å². The lowest BCUT2D eigenvalue weighted by Gasteiger charge is -2.66. The second-order valence-corrected chi connectivity index (χ2v) is 12.7. The summed E-state index contributed by atoms with van der Waals surface area (Å²) >= 11 is 0. The number of Topliss-reactive ketones (excluding diaryl/α,β-unsaturated/α-hetero) is 1. The summed E-state index contributed by atoms with van der Waals surface area (Å²) < 4.78 is 29.3. The standard InChI is InChI=1S/C28H34O9/c1-14(29)34-19-12-20(31)36-24(2,3)17-11-18(30)27(6)16(26(17,19)5)7-9-25(4)21(15-8-10-33-13-15)35-23(32)22-28(25,27)37-22/h8,10,13,16-17,19,21-22H,7,9,11-12H2,1-6H3/t16-,17+,19-,21-,22-,25+,26-,27+,28-/m1/s1. The third kappa shape index (κ3) is 2.79. The van der Waals surface area contributed by atoms with Crippen molar-refractivity contribution in [1.29, 1.82) is 0 Å². The van der Waals surface area contributed by atoms with Crippen molar-refractivity contribution in [2.24, 2.45) is 28.1 Å². The third-order valence-electron chi connectivity index (χ3n) is 10.8. The molecule has 0 aromatic carbocycles. The monoisotopic (exact) mass is 514 g/mol. The van der Waals surface area contributed by atoms with E-state index >= 15 is 0 Å². The van der Waals surface area contributed by atoms with Crippen LogP contribution in [0.2, 0.25) is 0 Å². The maximum absolute atomic E-state index is 14.4. The van der Waals surface area contributed by atoms with E-state index in [2.05, 4.69) is 0 Å². The number of furan rings is 1. The number of carbonyl (C=O) groups excluding carboxylic acids is 4. The quantitative estimate of drug-likeness (QED) is 0.330. The van der Waals surface area contributed by atoms with E-state index in [1.165, 1.54) is 13.2 Å². The molecule has 0 radical (unpaired) electrons. The molecule has 9 heteroatoms. The predicted molar refractivity (Wildman–Crippen MR) is 126 cm³/mol. The Balaban J connectivity index is 1.54. The molecule has 2 saturated carbocycles. The van der Waals surface area contributed by atoms with E-state index in [9.17, 15) is 19.2 Å². The van der Waals surface area contributed by atoms with Crippen LogP contribution in [0, 0.1) is 28.1 Å². The molecule has 5 aliphatic rings. The molecule has 1 aromatic rings. The van der Waals surface area contributed by atoms with E-state index in [-0.39, 0.29) is 30.5 Å². The average Bonchev–Trinajstić information content (AvgIpc) is 3.38. The van der Waals surface area contributed by atoms with Crippen LogP contribution >= 0.6 is 0 Å². The lowest BCUT2D eigenvalue weighted by atomic mass is 9.37. The second kappa shape index (κ2) is 7.24. The highest BCUT2D eigenvalue weighted by atomic mass is 16.7. The first-order valence-corrected chi connectivity index (χ1v) is 13.1. The predicted octanol–water partition coefficient (Wildman–Crippen LogP) is 3.69. The Hall–Kier alpha value is -2.68. The summed E-state index contributed by atoms with van der Waals surface area (Å²) in [5, 5.41) is 0. The fraction of sp³-hybridized carbons (Fsp3) is 0.714. The average molecular weight is 515 g/mol. The molecule has 9 atom stereocenters. The van der Waals surface area contributed by atoms with Gasteiger partial charge in [-0.15, -0.1) is 0 Å². The van der Waals surface area contributed by atoms with Crippen LogP contribution in [0.15, 0.2) is 23.0 Å². The number of esters is 3. The minimum Gasteiger partial charge on any atom is -0.472 e. The van der Waals surface area contributed by atoms with Gasteiger partial charge in [0.2, 0.25) is 0 Å². The number of hydrogen-bond donors (Lipinski definition) is 0. The molecule has 200 valence electrons. The van der Waals surface area contributed by atoms with Crippen LogP contribution < -0.4 is 0 Å². The molecule has 3 saturated heterocycles. The first kappa shape index (κ1) is 24.6. The molecule has 9 nitrogen and oxygen atoms in total. The molecule has 0 unspecified atom stereocenters. The molecule has 0 N–H and O–H groups in total. The number of ketones is 1. The molecule has 2 aliphatic carbocycles. The number of rotatable bonds is 2. The van der Waals surface area contributed by atoms with E-state index < -0.39 is 63.7 Å². The summed E-state index contributed by atoms with van der Waals surface area (Å²) in [7, 11) is 0. The number of epoxide rings is 1. The van der Waals surface area contributed by atoms with Crippen molar-refractivity contribution in [2.45, 2.75) is 96.7 Å². The fourth-order valence-corrected chi connectivity index (χ4v) is 9.24. The van der Waals surface area contributed by atoms with Crippen LogP contribution in [0.5, 0.6) is 0 Å². The maximum atomic E-state index is 14.4. The molecule has 3 aliphatic heterocycles. The lowest BCUT2D eigenvalue weighted by molar-refractivity contribution is -0.234. The highest BCUT2D eigenvalue weighted by molar-refractivity contribution is 5.93. The van der Waals surface area contributed by atoms with Gasteiger partial charge in [-0.3, -0.25) is 14.4 Å². The Morgan fingerprint density at radius 1 is 1.03 bits per heavy atom. The van der Waals surface area contributed by atoms with Crippen LogP contribution in [-0.2, 0) is 38.1 Å². The Bertz CT molecular complexity index is 1200. The molecule has 4 heterocycles. The third-order valence-corrected chi connectivity index (χ3v) is 10.8. The van der Waals surface area contributed by atoms with Gasteiger partial charge < -0.3 is 23.4 Å². The van der Waals surface area contributed by atoms with Crippen molar-refractivity contribution in [2.75, 3.05) is 0 Å². The van der Waals surface area contributed by atoms with Crippen molar-refractivity contribution in [1.82, 2.24) is 0 Å². The summed E-state index contributed by atoms with van der Waals surface area (Å²) in [5.74, 6) is -2.18. The Morgan fingerprint density at radius 2 is 1.76 bits per heavy atom. The first-order valence-electron chi connectivity index (χ1n) is 13.1. The van der Waals surface area contributed by atoms with Gasteiger partial charge in [-0.2, -0.15) is 0 Å². The van der Waals surface area contributed by atoms with Crippen LogP contribution in [0.3, 0.4) is 0 Å².